The molecule has 0 saturated carbocycles. The molecule has 1 saturated heterocycles. The van der Waals surface area contributed by atoms with Crippen LogP contribution in [0.5, 0.6) is 11.5 Å². The van der Waals surface area contributed by atoms with Crippen LogP contribution in [0.15, 0.2) is 48.5 Å². The largest absolute Gasteiger partial charge is 0.454 e. The van der Waals surface area contributed by atoms with Crippen molar-refractivity contribution in [2.75, 3.05) is 33.0 Å². The quantitative estimate of drug-likeness (QED) is 0.523. The minimum absolute atomic E-state index is 0.202. The van der Waals surface area contributed by atoms with Crippen LogP contribution >= 0.6 is 0 Å². The van der Waals surface area contributed by atoms with Gasteiger partial charge in [0.05, 0.1) is 12.6 Å². The fraction of sp³-hybridized carbons (Fsp3) is 0.480. The third-order valence-corrected chi connectivity index (χ3v) is 6.42. The molecule has 5 rings (SSSR count). The fourth-order valence-corrected chi connectivity index (χ4v) is 4.71. The summed E-state index contributed by atoms with van der Waals surface area (Å²) in [7, 11) is 0. The predicted octanol–water partition coefficient (Wildman–Crippen LogP) is 3.36. The van der Waals surface area contributed by atoms with Crippen molar-refractivity contribution < 1.29 is 9.47 Å². The Morgan fingerprint density at radius 1 is 0.879 bits per heavy atom. The number of aromatic nitrogens is 4. The lowest BCUT2D eigenvalue weighted by Crippen LogP contribution is -2.48. The molecule has 0 radical (unpaired) electrons. The molecule has 0 aliphatic carbocycles. The molecule has 0 N–H and O–H groups in total. The van der Waals surface area contributed by atoms with Gasteiger partial charge in [-0.15, -0.1) is 5.10 Å². The van der Waals surface area contributed by atoms with Crippen LogP contribution in [0.4, 0.5) is 0 Å². The van der Waals surface area contributed by atoms with Gasteiger partial charge in [0.1, 0.15) is 0 Å². The Hall–Kier alpha value is -2.97. The second-order valence-corrected chi connectivity index (χ2v) is 9.33. The van der Waals surface area contributed by atoms with Gasteiger partial charge in [-0.2, -0.15) is 0 Å². The predicted molar refractivity (Wildman–Crippen MR) is 125 cm³/mol. The topological polar surface area (TPSA) is 68.5 Å². The minimum Gasteiger partial charge on any atom is -0.454 e. The van der Waals surface area contributed by atoms with Crippen molar-refractivity contribution in [3.8, 4) is 11.5 Å². The molecule has 174 valence electrons. The third kappa shape index (κ3) is 5.17. The molecule has 2 aromatic carbocycles. The Balaban J connectivity index is 1.28. The molecule has 2 aliphatic rings. The number of hydrogen-bond donors (Lipinski definition) is 0. The van der Waals surface area contributed by atoms with Crippen LogP contribution in [0, 0.1) is 5.92 Å². The second-order valence-electron chi connectivity index (χ2n) is 9.33. The molecule has 1 fully saturated rings. The van der Waals surface area contributed by atoms with E-state index in [-0.39, 0.29) is 12.8 Å². The number of rotatable bonds is 8. The molecule has 2 aliphatic heterocycles. The van der Waals surface area contributed by atoms with E-state index in [1.807, 2.05) is 16.8 Å². The Morgan fingerprint density at radius 3 is 2.45 bits per heavy atom. The summed E-state index contributed by atoms with van der Waals surface area (Å²) in [6, 6.07) is 17.0. The monoisotopic (exact) mass is 448 g/mol. The van der Waals surface area contributed by atoms with Crippen molar-refractivity contribution in [1.29, 1.82) is 0 Å². The van der Waals surface area contributed by atoms with E-state index in [0.717, 1.165) is 62.0 Å². The normalized spacial score (nSPS) is 17.5. The molecule has 0 spiro atoms. The summed E-state index contributed by atoms with van der Waals surface area (Å²) in [5, 5.41) is 12.9. The Morgan fingerprint density at radius 2 is 1.67 bits per heavy atom. The van der Waals surface area contributed by atoms with Gasteiger partial charge in [-0.1, -0.05) is 50.2 Å². The SMILES string of the molecule is CC(C)CC(c1nnnn1Cc1ccc2c(c1)OCO2)N1CCN(Cc2ccccc2)CC1. The Bertz CT molecular complexity index is 1050. The highest BCUT2D eigenvalue weighted by atomic mass is 16.7. The molecule has 1 aromatic heterocycles. The lowest BCUT2D eigenvalue weighted by molar-refractivity contribution is 0.0770. The first-order chi connectivity index (χ1) is 16.2. The van der Waals surface area contributed by atoms with E-state index in [1.54, 1.807) is 0 Å². The van der Waals surface area contributed by atoms with Crippen molar-refractivity contribution in [1.82, 2.24) is 30.0 Å². The number of fused-ring (bicyclic) bond motifs is 1. The molecular weight excluding hydrogens is 416 g/mol. The van der Waals surface area contributed by atoms with Crippen LogP contribution in [0.3, 0.4) is 0 Å². The van der Waals surface area contributed by atoms with Gasteiger partial charge in [0, 0.05) is 32.7 Å². The van der Waals surface area contributed by atoms with Gasteiger partial charge in [0.15, 0.2) is 17.3 Å². The summed E-state index contributed by atoms with van der Waals surface area (Å²) in [6.07, 6.45) is 1.03. The first kappa shape index (κ1) is 21.9. The van der Waals surface area contributed by atoms with Gasteiger partial charge < -0.3 is 9.47 Å². The Labute approximate surface area is 195 Å². The maximum Gasteiger partial charge on any atom is 0.231 e. The molecule has 0 amide bonds. The lowest BCUT2D eigenvalue weighted by atomic mass is 10.0. The Kier molecular flexibility index (Phi) is 6.55. The number of ether oxygens (including phenoxy) is 2. The van der Waals surface area contributed by atoms with E-state index in [0.29, 0.717) is 12.5 Å². The van der Waals surface area contributed by atoms with E-state index >= 15 is 0 Å². The molecular formula is C25H32N6O2. The van der Waals surface area contributed by atoms with Crippen LogP contribution in [0.25, 0.3) is 0 Å². The van der Waals surface area contributed by atoms with E-state index < -0.39 is 0 Å². The summed E-state index contributed by atoms with van der Waals surface area (Å²) in [6.45, 7) is 10.6. The van der Waals surface area contributed by atoms with Crippen LogP contribution in [-0.4, -0.2) is 63.0 Å². The smallest absolute Gasteiger partial charge is 0.231 e. The average Bonchev–Trinajstić information content (AvgIpc) is 3.48. The van der Waals surface area contributed by atoms with Crippen molar-refractivity contribution >= 4 is 0 Å². The zero-order valence-electron chi connectivity index (χ0n) is 19.4. The standard InChI is InChI=1S/C25H32N6O2/c1-19(2)14-22(30-12-10-29(11-13-30)16-20-6-4-3-5-7-20)25-26-27-28-31(25)17-21-8-9-23-24(15-21)33-18-32-23/h3-9,15,19,22H,10-14,16-18H2,1-2H3. The first-order valence-electron chi connectivity index (χ1n) is 11.8. The molecule has 1 atom stereocenters. The average molecular weight is 449 g/mol. The van der Waals surface area contributed by atoms with E-state index in [4.69, 9.17) is 9.47 Å². The molecule has 8 nitrogen and oxygen atoms in total. The molecule has 3 heterocycles. The zero-order chi connectivity index (χ0) is 22.6. The van der Waals surface area contributed by atoms with Gasteiger partial charge in [-0.25, -0.2) is 4.68 Å². The summed E-state index contributed by atoms with van der Waals surface area (Å²) in [4.78, 5) is 5.09. The molecule has 0 bridgehead atoms. The molecule has 8 heteroatoms. The van der Waals surface area contributed by atoms with Gasteiger partial charge in [0.2, 0.25) is 6.79 Å². The van der Waals surface area contributed by atoms with Crippen molar-refractivity contribution in [3.63, 3.8) is 0 Å². The van der Waals surface area contributed by atoms with Gasteiger partial charge in [-0.3, -0.25) is 9.80 Å². The van der Waals surface area contributed by atoms with Gasteiger partial charge >= 0.3 is 0 Å². The molecule has 3 aromatic rings. The minimum atomic E-state index is 0.202. The summed E-state index contributed by atoms with van der Waals surface area (Å²) in [5.74, 6) is 3.07. The van der Waals surface area contributed by atoms with Crippen LogP contribution in [0.1, 0.15) is 43.3 Å². The lowest BCUT2D eigenvalue weighted by Gasteiger charge is -2.39. The maximum atomic E-state index is 5.54. The highest BCUT2D eigenvalue weighted by Crippen LogP contribution is 2.33. The molecule has 33 heavy (non-hydrogen) atoms. The molecule has 1 unspecified atom stereocenters. The zero-order valence-corrected chi connectivity index (χ0v) is 19.4. The fourth-order valence-electron chi connectivity index (χ4n) is 4.71. The van der Waals surface area contributed by atoms with E-state index in [2.05, 4.69) is 75.6 Å². The van der Waals surface area contributed by atoms with Crippen molar-refractivity contribution in [2.45, 2.75) is 39.4 Å². The number of tetrazole rings is 1. The summed E-state index contributed by atoms with van der Waals surface area (Å²) < 4.78 is 12.9. The van der Waals surface area contributed by atoms with Crippen molar-refractivity contribution in [3.05, 3.63) is 65.5 Å². The first-order valence-corrected chi connectivity index (χ1v) is 11.8. The van der Waals surface area contributed by atoms with Crippen LogP contribution < -0.4 is 9.47 Å². The van der Waals surface area contributed by atoms with E-state index in [9.17, 15) is 0 Å². The number of hydrogen-bond acceptors (Lipinski definition) is 7. The number of piperazine rings is 1. The van der Waals surface area contributed by atoms with E-state index in [1.165, 1.54) is 5.56 Å². The van der Waals surface area contributed by atoms with Gasteiger partial charge in [-0.05, 0) is 46.0 Å². The van der Waals surface area contributed by atoms with Gasteiger partial charge in [0.25, 0.3) is 0 Å². The number of benzene rings is 2. The number of nitrogens with zero attached hydrogens (tertiary/aromatic N) is 6. The third-order valence-electron chi connectivity index (χ3n) is 6.42. The highest BCUT2D eigenvalue weighted by molar-refractivity contribution is 5.44. The summed E-state index contributed by atoms with van der Waals surface area (Å²) in [5.41, 5.74) is 2.47. The van der Waals surface area contributed by atoms with Crippen LogP contribution in [0.2, 0.25) is 0 Å². The van der Waals surface area contributed by atoms with Crippen molar-refractivity contribution in [2.24, 2.45) is 5.92 Å². The highest BCUT2D eigenvalue weighted by Gasteiger charge is 2.30. The maximum absolute atomic E-state index is 5.54. The van der Waals surface area contributed by atoms with Crippen LogP contribution in [-0.2, 0) is 13.1 Å². The summed E-state index contributed by atoms with van der Waals surface area (Å²) >= 11 is 0. The second kappa shape index (κ2) is 9.89.